The van der Waals surface area contributed by atoms with Crippen LogP contribution in [0.15, 0.2) is 18.2 Å². The minimum absolute atomic E-state index is 0.605. The number of benzene rings is 1. The summed E-state index contributed by atoms with van der Waals surface area (Å²) < 4.78 is 0.605. The standard InChI is InChI=1S/C13H18IN/c1-3-15-8-4-5-11-6-7-12(10(2)14)9-13(11)15/h6-7,9-10H,3-5,8H2,1-2H3. The number of hydrogen-bond acceptors (Lipinski definition) is 1. The van der Waals surface area contributed by atoms with Gasteiger partial charge < -0.3 is 4.90 Å². The first-order valence-corrected chi connectivity index (χ1v) is 6.98. The van der Waals surface area contributed by atoms with E-state index >= 15 is 0 Å². The first-order chi connectivity index (χ1) is 7.22. The van der Waals surface area contributed by atoms with Gasteiger partial charge in [-0.1, -0.05) is 34.7 Å². The predicted octanol–water partition coefficient (Wildman–Crippen LogP) is 3.96. The molecule has 2 rings (SSSR count). The minimum Gasteiger partial charge on any atom is -0.372 e. The third-order valence-corrected chi connectivity index (χ3v) is 3.88. The van der Waals surface area contributed by atoms with Crippen LogP contribution in [0.5, 0.6) is 0 Å². The van der Waals surface area contributed by atoms with Gasteiger partial charge in [0.25, 0.3) is 0 Å². The third-order valence-electron chi connectivity index (χ3n) is 3.17. The zero-order valence-corrected chi connectivity index (χ0v) is 11.6. The van der Waals surface area contributed by atoms with Gasteiger partial charge in [0.05, 0.1) is 0 Å². The predicted molar refractivity (Wildman–Crippen MR) is 75.1 cm³/mol. The second kappa shape index (κ2) is 4.73. The van der Waals surface area contributed by atoms with Gasteiger partial charge in [0.15, 0.2) is 0 Å². The van der Waals surface area contributed by atoms with Crippen molar-refractivity contribution in [3.05, 3.63) is 29.3 Å². The van der Waals surface area contributed by atoms with E-state index in [-0.39, 0.29) is 0 Å². The van der Waals surface area contributed by atoms with Gasteiger partial charge in [-0.2, -0.15) is 0 Å². The maximum atomic E-state index is 2.50. The summed E-state index contributed by atoms with van der Waals surface area (Å²) in [5.41, 5.74) is 4.46. The lowest BCUT2D eigenvalue weighted by atomic mass is 9.99. The van der Waals surface area contributed by atoms with Gasteiger partial charge in [-0.3, -0.25) is 0 Å². The lowest BCUT2D eigenvalue weighted by molar-refractivity contribution is 0.707. The normalized spacial score (nSPS) is 17.4. The fourth-order valence-electron chi connectivity index (χ4n) is 2.24. The molecule has 82 valence electrons. The smallest absolute Gasteiger partial charge is 0.0401 e. The van der Waals surface area contributed by atoms with Crippen molar-refractivity contribution in [3.63, 3.8) is 0 Å². The Kier molecular flexibility index (Phi) is 3.54. The SMILES string of the molecule is CCN1CCCc2ccc(C(C)I)cc21. The molecule has 1 unspecified atom stereocenters. The second-order valence-electron chi connectivity index (χ2n) is 4.19. The Morgan fingerprint density at radius 1 is 1.47 bits per heavy atom. The van der Waals surface area contributed by atoms with Crippen molar-refractivity contribution < 1.29 is 0 Å². The van der Waals surface area contributed by atoms with Gasteiger partial charge in [0.2, 0.25) is 0 Å². The van der Waals surface area contributed by atoms with Crippen LogP contribution >= 0.6 is 22.6 Å². The molecule has 0 N–H and O–H groups in total. The van der Waals surface area contributed by atoms with Gasteiger partial charge in [0, 0.05) is 22.7 Å². The highest BCUT2D eigenvalue weighted by atomic mass is 127. The molecule has 1 heterocycles. The second-order valence-corrected chi connectivity index (χ2v) is 6.06. The fraction of sp³-hybridized carbons (Fsp3) is 0.538. The molecule has 0 amide bonds. The van der Waals surface area contributed by atoms with Crippen molar-refractivity contribution in [2.75, 3.05) is 18.0 Å². The van der Waals surface area contributed by atoms with E-state index in [1.807, 2.05) is 0 Å². The van der Waals surface area contributed by atoms with Gasteiger partial charge in [0.1, 0.15) is 0 Å². The molecule has 1 aromatic rings. The van der Waals surface area contributed by atoms with Crippen LogP contribution in [0.25, 0.3) is 0 Å². The topological polar surface area (TPSA) is 3.24 Å². The minimum atomic E-state index is 0.605. The van der Waals surface area contributed by atoms with Crippen molar-refractivity contribution in [3.8, 4) is 0 Å². The highest BCUT2D eigenvalue weighted by Crippen LogP contribution is 2.32. The number of alkyl halides is 1. The molecule has 0 aliphatic carbocycles. The lowest BCUT2D eigenvalue weighted by Crippen LogP contribution is -2.29. The number of nitrogens with zero attached hydrogens (tertiary/aromatic N) is 1. The molecule has 15 heavy (non-hydrogen) atoms. The largest absolute Gasteiger partial charge is 0.372 e. The van der Waals surface area contributed by atoms with E-state index in [0.717, 1.165) is 6.54 Å². The summed E-state index contributed by atoms with van der Waals surface area (Å²) in [6.07, 6.45) is 2.56. The molecule has 0 spiro atoms. The van der Waals surface area contributed by atoms with Crippen LogP contribution in [0.4, 0.5) is 5.69 Å². The summed E-state index contributed by atoms with van der Waals surface area (Å²) in [7, 11) is 0. The Morgan fingerprint density at radius 3 is 2.93 bits per heavy atom. The van der Waals surface area contributed by atoms with E-state index < -0.39 is 0 Å². The van der Waals surface area contributed by atoms with Crippen molar-refractivity contribution >= 4 is 28.3 Å². The molecular weight excluding hydrogens is 297 g/mol. The molecule has 1 atom stereocenters. The molecule has 0 bridgehead atoms. The van der Waals surface area contributed by atoms with E-state index in [9.17, 15) is 0 Å². The first kappa shape index (κ1) is 11.2. The average Bonchev–Trinajstić information content (AvgIpc) is 2.27. The van der Waals surface area contributed by atoms with E-state index in [1.54, 1.807) is 0 Å². The summed E-state index contributed by atoms with van der Waals surface area (Å²) in [5.74, 6) is 0. The van der Waals surface area contributed by atoms with Crippen molar-refractivity contribution in [1.82, 2.24) is 0 Å². The number of aryl methyl sites for hydroxylation is 1. The van der Waals surface area contributed by atoms with Crippen molar-refractivity contribution in [2.45, 2.75) is 30.6 Å². The fourth-order valence-corrected chi connectivity index (χ4v) is 2.63. The molecule has 0 saturated carbocycles. The first-order valence-electron chi connectivity index (χ1n) is 5.74. The van der Waals surface area contributed by atoms with Crippen LogP contribution in [0, 0.1) is 0 Å². The van der Waals surface area contributed by atoms with Crippen LogP contribution in [0.2, 0.25) is 0 Å². The molecule has 0 saturated heterocycles. The Balaban J connectivity index is 2.39. The van der Waals surface area contributed by atoms with Crippen LogP contribution < -0.4 is 4.90 Å². The van der Waals surface area contributed by atoms with Gasteiger partial charge in [-0.15, -0.1) is 0 Å². The monoisotopic (exact) mass is 315 g/mol. The number of rotatable bonds is 2. The van der Waals surface area contributed by atoms with Crippen molar-refractivity contribution in [1.29, 1.82) is 0 Å². The van der Waals surface area contributed by atoms with E-state index in [0.29, 0.717) is 3.92 Å². The van der Waals surface area contributed by atoms with Crippen LogP contribution in [0.3, 0.4) is 0 Å². The molecule has 1 aliphatic rings. The molecular formula is C13H18IN. The van der Waals surface area contributed by atoms with Crippen LogP contribution in [0.1, 0.15) is 35.3 Å². The van der Waals surface area contributed by atoms with E-state index in [1.165, 1.54) is 36.2 Å². The number of anilines is 1. The number of fused-ring (bicyclic) bond motifs is 1. The molecule has 0 fully saturated rings. The Labute approximate surface area is 106 Å². The maximum absolute atomic E-state index is 2.50. The highest BCUT2D eigenvalue weighted by molar-refractivity contribution is 14.1. The summed E-state index contributed by atoms with van der Waals surface area (Å²) in [5, 5.41) is 0. The lowest BCUT2D eigenvalue weighted by Gasteiger charge is -2.31. The zero-order valence-electron chi connectivity index (χ0n) is 9.46. The third kappa shape index (κ3) is 2.30. The average molecular weight is 315 g/mol. The Bertz CT molecular complexity index is 346. The van der Waals surface area contributed by atoms with Crippen molar-refractivity contribution in [2.24, 2.45) is 0 Å². The van der Waals surface area contributed by atoms with Crippen LogP contribution in [-0.2, 0) is 6.42 Å². The van der Waals surface area contributed by atoms with E-state index in [2.05, 4.69) is 59.5 Å². The molecule has 0 radical (unpaired) electrons. The zero-order chi connectivity index (χ0) is 10.8. The molecule has 1 nitrogen and oxygen atoms in total. The number of hydrogen-bond donors (Lipinski definition) is 0. The summed E-state index contributed by atoms with van der Waals surface area (Å²) in [6.45, 7) is 6.85. The maximum Gasteiger partial charge on any atom is 0.0401 e. The van der Waals surface area contributed by atoms with E-state index in [4.69, 9.17) is 0 Å². The van der Waals surface area contributed by atoms with Gasteiger partial charge >= 0.3 is 0 Å². The summed E-state index contributed by atoms with van der Waals surface area (Å²) >= 11 is 2.48. The molecule has 2 heteroatoms. The Hall–Kier alpha value is -0.250. The molecule has 0 aromatic heterocycles. The number of halogens is 1. The highest BCUT2D eigenvalue weighted by Gasteiger charge is 2.16. The van der Waals surface area contributed by atoms with Gasteiger partial charge in [-0.25, -0.2) is 0 Å². The Morgan fingerprint density at radius 2 is 2.27 bits per heavy atom. The van der Waals surface area contributed by atoms with Gasteiger partial charge in [-0.05, 0) is 43.9 Å². The summed E-state index contributed by atoms with van der Waals surface area (Å²) in [4.78, 5) is 2.50. The summed E-state index contributed by atoms with van der Waals surface area (Å²) in [6, 6.07) is 6.99. The quantitative estimate of drug-likeness (QED) is 0.590. The molecule has 1 aliphatic heterocycles. The molecule has 1 aromatic carbocycles. The van der Waals surface area contributed by atoms with Crippen LogP contribution in [-0.4, -0.2) is 13.1 Å².